The Kier molecular flexibility index (Phi) is 2.66. The Hall–Kier alpha value is 0.690. The van der Waals surface area contributed by atoms with E-state index in [1.54, 1.807) is 0 Å². The minimum atomic E-state index is 0.594. The maximum atomic E-state index is 3.53. The summed E-state index contributed by atoms with van der Waals surface area (Å²) in [6, 6.07) is 0. The highest BCUT2D eigenvalue weighted by Gasteiger charge is 2.48. The molecule has 0 aromatic heterocycles. The normalized spacial score (nSPS) is 39.5. The second-order valence-corrected chi connectivity index (χ2v) is 6.12. The Labute approximate surface area is 88.8 Å². The summed E-state index contributed by atoms with van der Waals surface area (Å²) >= 11 is 2.61. The van der Waals surface area contributed by atoms with Crippen LogP contribution in [0.5, 0.6) is 0 Å². The van der Waals surface area contributed by atoms with Gasteiger partial charge in [0, 0.05) is 9.46 Å². The zero-order valence-corrected chi connectivity index (χ0v) is 9.93. The van der Waals surface area contributed by atoms with Crippen molar-refractivity contribution in [1.29, 1.82) is 0 Å². The van der Waals surface area contributed by atoms with Crippen molar-refractivity contribution < 1.29 is 0 Å². The number of hydrogen-bond acceptors (Lipinski definition) is 1. The molecule has 2 saturated carbocycles. The first kappa shape index (κ1) is 9.25. The summed E-state index contributed by atoms with van der Waals surface area (Å²) in [4.78, 5) is 0. The summed E-state index contributed by atoms with van der Waals surface area (Å²) in [6.45, 7) is 0. The molecule has 0 aromatic rings. The van der Waals surface area contributed by atoms with Crippen LogP contribution in [0.1, 0.15) is 38.5 Å². The third-order valence-corrected chi connectivity index (χ3v) is 4.97. The van der Waals surface area contributed by atoms with Gasteiger partial charge < -0.3 is 5.32 Å². The fraction of sp³-hybridized carbons (Fsp3) is 1.00. The smallest absolute Gasteiger partial charge is 0.0208 e. The molecule has 2 heteroatoms. The fourth-order valence-corrected chi connectivity index (χ4v) is 3.32. The molecule has 2 aliphatic carbocycles. The van der Waals surface area contributed by atoms with Crippen molar-refractivity contribution in [3.8, 4) is 0 Å². The lowest BCUT2D eigenvalue weighted by atomic mass is 9.82. The van der Waals surface area contributed by atoms with E-state index in [-0.39, 0.29) is 0 Å². The standard InChI is InChI=1S/C10H18IN/c1-12-10(6-7-10)8-2-4-9(11)5-3-8/h8-9,12H,2-7H2,1H3. The van der Waals surface area contributed by atoms with Crippen molar-refractivity contribution in [2.75, 3.05) is 7.05 Å². The van der Waals surface area contributed by atoms with Gasteiger partial charge in [0.05, 0.1) is 0 Å². The van der Waals surface area contributed by atoms with E-state index in [0.29, 0.717) is 5.54 Å². The van der Waals surface area contributed by atoms with Crippen LogP contribution in [0, 0.1) is 5.92 Å². The van der Waals surface area contributed by atoms with E-state index in [1.165, 1.54) is 38.5 Å². The second-order valence-electron chi connectivity index (χ2n) is 4.36. The SMILES string of the molecule is CNC1(C2CCC(I)CC2)CC1. The lowest BCUT2D eigenvalue weighted by Crippen LogP contribution is -2.38. The Morgan fingerprint density at radius 3 is 2.17 bits per heavy atom. The van der Waals surface area contributed by atoms with Crippen molar-refractivity contribution in [2.24, 2.45) is 5.92 Å². The van der Waals surface area contributed by atoms with Crippen LogP contribution < -0.4 is 5.32 Å². The number of hydrogen-bond donors (Lipinski definition) is 1. The average molecular weight is 279 g/mol. The van der Waals surface area contributed by atoms with Gasteiger partial charge >= 0.3 is 0 Å². The van der Waals surface area contributed by atoms with E-state index in [9.17, 15) is 0 Å². The summed E-state index contributed by atoms with van der Waals surface area (Å²) < 4.78 is 0.964. The van der Waals surface area contributed by atoms with Gasteiger partial charge in [-0.05, 0) is 51.5 Å². The molecule has 70 valence electrons. The number of nitrogens with one attached hydrogen (secondary N) is 1. The molecule has 0 radical (unpaired) electrons. The van der Waals surface area contributed by atoms with Crippen molar-refractivity contribution in [1.82, 2.24) is 5.32 Å². The Morgan fingerprint density at radius 1 is 1.17 bits per heavy atom. The average Bonchev–Trinajstić information content (AvgIpc) is 2.86. The minimum Gasteiger partial charge on any atom is -0.314 e. The molecule has 1 N–H and O–H groups in total. The number of rotatable bonds is 2. The van der Waals surface area contributed by atoms with Crippen molar-refractivity contribution in [2.45, 2.75) is 48.0 Å². The maximum absolute atomic E-state index is 3.53. The van der Waals surface area contributed by atoms with Crippen LogP contribution in [0.25, 0.3) is 0 Å². The molecule has 0 saturated heterocycles. The zero-order chi connectivity index (χ0) is 8.60. The van der Waals surface area contributed by atoms with Crippen LogP contribution in [0.15, 0.2) is 0 Å². The van der Waals surface area contributed by atoms with Gasteiger partial charge in [0.1, 0.15) is 0 Å². The van der Waals surface area contributed by atoms with E-state index < -0.39 is 0 Å². The van der Waals surface area contributed by atoms with Gasteiger partial charge in [-0.2, -0.15) is 0 Å². The van der Waals surface area contributed by atoms with Crippen LogP contribution in [0.4, 0.5) is 0 Å². The molecule has 0 aliphatic heterocycles. The topological polar surface area (TPSA) is 12.0 Å². The summed E-state index contributed by atoms with van der Waals surface area (Å²) in [5.74, 6) is 0.994. The molecule has 0 amide bonds. The molecule has 0 heterocycles. The van der Waals surface area contributed by atoms with Crippen LogP contribution in [-0.4, -0.2) is 16.5 Å². The first-order valence-corrected chi connectivity index (χ1v) is 6.34. The predicted octanol–water partition coefficient (Wildman–Crippen LogP) is 2.73. The van der Waals surface area contributed by atoms with Gasteiger partial charge in [-0.25, -0.2) is 0 Å². The zero-order valence-electron chi connectivity index (χ0n) is 7.78. The molecule has 0 aromatic carbocycles. The van der Waals surface area contributed by atoms with E-state index >= 15 is 0 Å². The third kappa shape index (κ3) is 1.65. The second kappa shape index (κ2) is 3.45. The molecule has 12 heavy (non-hydrogen) atoms. The highest BCUT2D eigenvalue weighted by Crippen LogP contribution is 2.48. The quantitative estimate of drug-likeness (QED) is 0.605. The number of halogens is 1. The highest BCUT2D eigenvalue weighted by atomic mass is 127. The molecule has 0 unspecified atom stereocenters. The molecule has 1 nitrogen and oxygen atoms in total. The summed E-state index contributed by atoms with van der Waals surface area (Å²) in [7, 11) is 2.14. The summed E-state index contributed by atoms with van der Waals surface area (Å²) in [5.41, 5.74) is 0.594. The van der Waals surface area contributed by atoms with Crippen molar-refractivity contribution >= 4 is 22.6 Å². The van der Waals surface area contributed by atoms with E-state index in [1.807, 2.05) is 0 Å². The molecule has 0 bridgehead atoms. The molecule has 2 aliphatic rings. The monoisotopic (exact) mass is 279 g/mol. The largest absolute Gasteiger partial charge is 0.314 e. The first-order valence-electron chi connectivity index (χ1n) is 5.10. The summed E-state index contributed by atoms with van der Waals surface area (Å²) in [6.07, 6.45) is 8.70. The van der Waals surface area contributed by atoms with Gasteiger partial charge in [-0.1, -0.05) is 22.6 Å². The first-order chi connectivity index (χ1) is 5.77. The van der Waals surface area contributed by atoms with Gasteiger partial charge in [-0.3, -0.25) is 0 Å². The van der Waals surface area contributed by atoms with E-state index in [2.05, 4.69) is 35.0 Å². The predicted molar refractivity (Wildman–Crippen MR) is 60.8 cm³/mol. The Bertz CT molecular complexity index is 157. The third-order valence-electron chi connectivity index (χ3n) is 3.72. The Balaban J connectivity index is 1.89. The van der Waals surface area contributed by atoms with Crippen molar-refractivity contribution in [3.05, 3.63) is 0 Å². The highest BCUT2D eigenvalue weighted by molar-refractivity contribution is 14.1. The van der Waals surface area contributed by atoms with Crippen LogP contribution in [0.2, 0.25) is 0 Å². The Morgan fingerprint density at radius 2 is 1.75 bits per heavy atom. The molecule has 0 spiro atoms. The molecule has 0 atom stereocenters. The minimum absolute atomic E-state index is 0.594. The lowest BCUT2D eigenvalue weighted by molar-refractivity contribution is 0.270. The van der Waals surface area contributed by atoms with Crippen LogP contribution >= 0.6 is 22.6 Å². The van der Waals surface area contributed by atoms with Crippen molar-refractivity contribution in [3.63, 3.8) is 0 Å². The molecular weight excluding hydrogens is 261 g/mol. The van der Waals surface area contributed by atoms with Crippen LogP contribution in [0.3, 0.4) is 0 Å². The fourth-order valence-electron chi connectivity index (χ4n) is 2.60. The van der Waals surface area contributed by atoms with E-state index in [4.69, 9.17) is 0 Å². The number of alkyl halides is 1. The summed E-state index contributed by atoms with van der Waals surface area (Å²) in [5, 5.41) is 3.53. The molecular formula is C10H18IN. The molecule has 2 rings (SSSR count). The van der Waals surface area contributed by atoms with Gasteiger partial charge in [0.15, 0.2) is 0 Å². The molecule has 2 fully saturated rings. The van der Waals surface area contributed by atoms with Gasteiger partial charge in [-0.15, -0.1) is 0 Å². The van der Waals surface area contributed by atoms with Gasteiger partial charge in [0.25, 0.3) is 0 Å². The van der Waals surface area contributed by atoms with Crippen LogP contribution in [-0.2, 0) is 0 Å². The van der Waals surface area contributed by atoms with E-state index in [0.717, 1.165) is 9.84 Å². The van der Waals surface area contributed by atoms with Gasteiger partial charge in [0.2, 0.25) is 0 Å². The lowest BCUT2D eigenvalue weighted by Gasteiger charge is -2.32. The maximum Gasteiger partial charge on any atom is 0.0208 e.